The molecular formula is C20H19N5O2. The number of aromatic amines is 1. The molecule has 0 unspecified atom stereocenters. The average Bonchev–Trinajstić information content (AvgIpc) is 3.04. The number of piperidine rings is 1. The topological polar surface area (TPSA) is 75.4 Å². The van der Waals surface area contributed by atoms with Crippen molar-refractivity contribution < 1.29 is 0 Å². The third-order valence-corrected chi connectivity index (χ3v) is 5.34. The number of fused-ring (bicyclic) bond motifs is 2. The Labute approximate surface area is 154 Å². The Bertz CT molecular complexity index is 1240. The van der Waals surface area contributed by atoms with Gasteiger partial charge in [-0.1, -0.05) is 18.2 Å². The predicted octanol–water partition coefficient (Wildman–Crippen LogP) is 2.18. The summed E-state index contributed by atoms with van der Waals surface area (Å²) in [6, 6.07) is 15.0. The van der Waals surface area contributed by atoms with Gasteiger partial charge in [0.05, 0.1) is 11.0 Å². The van der Waals surface area contributed by atoms with E-state index in [0.29, 0.717) is 11.5 Å². The molecule has 0 bridgehead atoms. The number of para-hydroxylation sites is 2. The second-order valence-electron chi connectivity index (χ2n) is 6.92. The summed E-state index contributed by atoms with van der Waals surface area (Å²) in [5, 5.41) is 0. The van der Waals surface area contributed by atoms with Crippen molar-refractivity contribution in [2.75, 3.05) is 18.0 Å². The summed E-state index contributed by atoms with van der Waals surface area (Å²) in [6.45, 7) is 1.51. The highest BCUT2D eigenvalue weighted by molar-refractivity contribution is 5.75. The van der Waals surface area contributed by atoms with Gasteiger partial charge in [-0.25, -0.2) is 9.78 Å². The molecule has 27 heavy (non-hydrogen) atoms. The zero-order valence-corrected chi connectivity index (χ0v) is 14.7. The first-order valence-electron chi connectivity index (χ1n) is 9.13. The van der Waals surface area contributed by atoms with Gasteiger partial charge in [-0.05, 0) is 37.1 Å². The van der Waals surface area contributed by atoms with Gasteiger partial charge in [0.25, 0.3) is 5.56 Å². The fraction of sp³-hybridized carbons (Fsp3) is 0.250. The zero-order chi connectivity index (χ0) is 18.4. The van der Waals surface area contributed by atoms with E-state index in [2.05, 4.69) is 14.9 Å². The molecular weight excluding hydrogens is 342 g/mol. The van der Waals surface area contributed by atoms with Gasteiger partial charge in [0, 0.05) is 31.4 Å². The molecule has 1 aliphatic rings. The Morgan fingerprint density at radius 2 is 1.78 bits per heavy atom. The molecule has 0 saturated carbocycles. The van der Waals surface area contributed by atoms with Gasteiger partial charge in [-0.15, -0.1) is 0 Å². The fourth-order valence-electron chi connectivity index (χ4n) is 3.99. The number of aromatic nitrogens is 4. The zero-order valence-electron chi connectivity index (χ0n) is 14.7. The molecule has 1 aromatic carbocycles. The second-order valence-corrected chi connectivity index (χ2v) is 6.92. The Morgan fingerprint density at radius 3 is 2.63 bits per heavy atom. The molecule has 1 saturated heterocycles. The summed E-state index contributed by atoms with van der Waals surface area (Å²) in [4.78, 5) is 34.4. The first kappa shape index (κ1) is 15.9. The Kier molecular flexibility index (Phi) is 3.60. The van der Waals surface area contributed by atoms with E-state index in [-0.39, 0.29) is 17.3 Å². The van der Waals surface area contributed by atoms with Gasteiger partial charge in [0.2, 0.25) is 0 Å². The van der Waals surface area contributed by atoms with Gasteiger partial charge < -0.3 is 9.88 Å². The first-order valence-corrected chi connectivity index (χ1v) is 9.13. The smallest absolute Gasteiger partial charge is 0.326 e. The van der Waals surface area contributed by atoms with Crippen LogP contribution in [0.2, 0.25) is 0 Å². The standard InChI is InChI=1S/C20H19N5O2/c26-19-13-18(22-17-7-3-4-10-24(17)19)23-11-8-14(9-12-23)25-16-6-2-1-5-15(16)21-20(25)27/h1-7,10,13-14H,8-9,11-12H2,(H,21,27). The van der Waals surface area contributed by atoms with E-state index >= 15 is 0 Å². The van der Waals surface area contributed by atoms with Crippen LogP contribution in [0.1, 0.15) is 18.9 Å². The van der Waals surface area contributed by atoms with Gasteiger partial charge in [0.15, 0.2) is 0 Å². The van der Waals surface area contributed by atoms with E-state index in [9.17, 15) is 9.59 Å². The number of rotatable bonds is 2. The average molecular weight is 361 g/mol. The van der Waals surface area contributed by atoms with Crippen LogP contribution in [0.4, 0.5) is 5.82 Å². The van der Waals surface area contributed by atoms with E-state index < -0.39 is 0 Å². The number of imidazole rings is 1. The molecule has 7 heteroatoms. The van der Waals surface area contributed by atoms with E-state index in [1.807, 2.05) is 47.0 Å². The summed E-state index contributed by atoms with van der Waals surface area (Å²) >= 11 is 0. The van der Waals surface area contributed by atoms with Crippen LogP contribution in [-0.4, -0.2) is 32.0 Å². The molecule has 0 aliphatic carbocycles. The lowest BCUT2D eigenvalue weighted by Gasteiger charge is -2.33. The third kappa shape index (κ3) is 2.63. The molecule has 7 nitrogen and oxygen atoms in total. The summed E-state index contributed by atoms with van der Waals surface area (Å²) < 4.78 is 3.41. The Balaban J connectivity index is 1.43. The maximum atomic E-state index is 12.4. The molecule has 4 heterocycles. The van der Waals surface area contributed by atoms with Gasteiger partial charge >= 0.3 is 5.69 Å². The van der Waals surface area contributed by atoms with Crippen LogP contribution in [0.5, 0.6) is 0 Å². The van der Waals surface area contributed by atoms with E-state index in [1.54, 1.807) is 16.7 Å². The minimum absolute atomic E-state index is 0.0586. The van der Waals surface area contributed by atoms with Crippen LogP contribution in [0, 0.1) is 0 Å². The molecule has 1 N–H and O–H groups in total. The number of anilines is 1. The summed E-state index contributed by atoms with van der Waals surface area (Å²) in [6.07, 6.45) is 3.39. The number of benzene rings is 1. The Morgan fingerprint density at radius 1 is 1.00 bits per heavy atom. The van der Waals surface area contributed by atoms with E-state index in [1.165, 1.54) is 0 Å². The molecule has 1 aliphatic heterocycles. The van der Waals surface area contributed by atoms with Crippen LogP contribution in [0.15, 0.2) is 64.3 Å². The third-order valence-electron chi connectivity index (χ3n) is 5.34. The molecule has 0 radical (unpaired) electrons. The second kappa shape index (κ2) is 6.12. The Hall–Kier alpha value is -3.35. The fourth-order valence-corrected chi connectivity index (χ4v) is 3.99. The number of nitrogens with zero attached hydrogens (tertiary/aromatic N) is 4. The first-order chi connectivity index (χ1) is 13.2. The number of hydrogen-bond donors (Lipinski definition) is 1. The predicted molar refractivity (Wildman–Crippen MR) is 105 cm³/mol. The van der Waals surface area contributed by atoms with Crippen LogP contribution >= 0.6 is 0 Å². The van der Waals surface area contributed by atoms with E-state index in [0.717, 1.165) is 37.0 Å². The minimum atomic E-state index is -0.0782. The maximum absolute atomic E-state index is 12.4. The van der Waals surface area contributed by atoms with Crippen molar-refractivity contribution in [2.24, 2.45) is 0 Å². The molecule has 0 atom stereocenters. The summed E-state index contributed by atoms with van der Waals surface area (Å²) in [5.74, 6) is 0.705. The van der Waals surface area contributed by atoms with Crippen LogP contribution < -0.4 is 16.1 Å². The van der Waals surface area contributed by atoms with Crippen LogP contribution in [-0.2, 0) is 0 Å². The molecule has 1 fully saturated rings. The maximum Gasteiger partial charge on any atom is 0.326 e. The highest BCUT2D eigenvalue weighted by Crippen LogP contribution is 2.26. The van der Waals surface area contributed by atoms with Crippen molar-refractivity contribution in [3.05, 3.63) is 75.6 Å². The van der Waals surface area contributed by atoms with Crippen molar-refractivity contribution in [1.82, 2.24) is 18.9 Å². The molecule has 136 valence electrons. The molecule has 4 aromatic rings. The SMILES string of the molecule is O=c1[nH]c2ccccc2n1C1CCN(c2cc(=O)n3ccccc3n2)CC1. The molecule has 0 spiro atoms. The van der Waals surface area contributed by atoms with Crippen molar-refractivity contribution in [3.8, 4) is 0 Å². The lowest BCUT2D eigenvalue weighted by molar-refractivity contribution is 0.395. The van der Waals surface area contributed by atoms with Gasteiger partial charge in [-0.2, -0.15) is 0 Å². The van der Waals surface area contributed by atoms with Crippen LogP contribution in [0.25, 0.3) is 16.7 Å². The van der Waals surface area contributed by atoms with Gasteiger partial charge in [0.1, 0.15) is 11.5 Å². The monoisotopic (exact) mass is 361 g/mol. The number of hydrogen-bond acceptors (Lipinski definition) is 4. The van der Waals surface area contributed by atoms with Crippen LogP contribution in [0.3, 0.4) is 0 Å². The lowest BCUT2D eigenvalue weighted by atomic mass is 10.0. The largest absolute Gasteiger partial charge is 0.356 e. The van der Waals surface area contributed by atoms with Crippen molar-refractivity contribution in [1.29, 1.82) is 0 Å². The summed E-state index contributed by atoms with van der Waals surface area (Å²) in [7, 11) is 0. The molecule has 3 aromatic heterocycles. The normalized spacial score (nSPS) is 15.6. The number of H-pyrrole nitrogens is 1. The number of nitrogens with one attached hydrogen (secondary N) is 1. The van der Waals surface area contributed by atoms with E-state index in [4.69, 9.17) is 0 Å². The molecule has 0 amide bonds. The highest BCUT2D eigenvalue weighted by atomic mass is 16.1. The van der Waals surface area contributed by atoms with Crippen molar-refractivity contribution in [3.63, 3.8) is 0 Å². The van der Waals surface area contributed by atoms with Gasteiger partial charge in [-0.3, -0.25) is 13.8 Å². The minimum Gasteiger partial charge on any atom is -0.356 e. The molecule has 5 rings (SSSR count). The highest BCUT2D eigenvalue weighted by Gasteiger charge is 2.24. The van der Waals surface area contributed by atoms with Crippen molar-refractivity contribution >= 4 is 22.5 Å². The van der Waals surface area contributed by atoms with Crippen molar-refractivity contribution in [2.45, 2.75) is 18.9 Å². The quantitative estimate of drug-likeness (QED) is 0.594. The lowest BCUT2D eigenvalue weighted by Crippen LogP contribution is -2.38. The summed E-state index contributed by atoms with van der Waals surface area (Å²) in [5.41, 5.74) is 2.33. The number of pyridine rings is 1.